The van der Waals surface area contributed by atoms with Crippen LogP contribution in [0.1, 0.15) is 5.56 Å². The molecule has 122 valence electrons. The van der Waals surface area contributed by atoms with Gasteiger partial charge in [0.15, 0.2) is 0 Å². The van der Waals surface area contributed by atoms with Gasteiger partial charge in [0.25, 0.3) is 0 Å². The van der Waals surface area contributed by atoms with E-state index in [0.717, 1.165) is 16.8 Å². The van der Waals surface area contributed by atoms with E-state index in [0.29, 0.717) is 12.2 Å². The van der Waals surface area contributed by atoms with Gasteiger partial charge in [-0.05, 0) is 28.9 Å². The molecule has 1 heterocycles. The number of aromatic nitrogens is 2. The number of nitrogens with zero attached hydrogens (tertiary/aromatic N) is 5. The van der Waals surface area contributed by atoms with Gasteiger partial charge in [-0.3, -0.25) is 4.52 Å². The Morgan fingerprint density at radius 2 is 1.79 bits per heavy atom. The second kappa shape index (κ2) is 6.91. The Hall–Kier alpha value is -3.22. The maximum absolute atomic E-state index is 10.5. The van der Waals surface area contributed by atoms with Crippen LogP contribution in [-0.2, 0) is 6.54 Å². The molecular formula is C17H17N5O2. The highest BCUT2D eigenvalue weighted by Crippen LogP contribution is 2.28. The Kier molecular flexibility index (Phi) is 4.51. The van der Waals surface area contributed by atoms with Crippen LogP contribution in [-0.4, -0.2) is 19.4 Å². The van der Waals surface area contributed by atoms with Crippen molar-refractivity contribution in [2.75, 3.05) is 19.0 Å². The standard InChI is InChI=1S/C17H17N5O2/c1-21(2)15-10-8-14(9-11-15)16-17(18-19-23)24-20-22(16)12-13-6-4-3-5-7-13/h3-11H,12H2,1-2H3. The maximum Gasteiger partial charge on any atom is 0.347 e. The molecular weight excluding hydrogens is 306 g/mol. The van der Waals surface area contributed by atoms with E-state index in [-0.39, 0.29) is 5.88 Å². The van der Waals surface area contributed by atoms with Crippen LogP contribution in [0.5, 0.6) is 0 Å². The minimum atomic E-state index is 0.0959. The van der Waals surface area contributed by atoms with E-state index in [4.69, 9.17) is 4.52 Å². The second-order valence-corrected chi connectivity index (χ2v) is 5.49. The van der Waals surface area contributed by atoms with Gasteiger partial charge in [-0.15, -0.1) is 5.11 Å². The van der Waals surface area contributed by atoms with E-state index in [1.165, 1.54) is 0 Å². The third-order valence-corrected chi connectivity index (χ3v) is 3.65. The van der Waals surface area contributed by atoms with E-state index < -0.39 is 0 Å². The molecule has 0 N–H and O–H groups in total. The Labute approximate surface area is 139 Å². The molecule has 0 unspecified atom stereocenters. The monoisotopic (exact) mass is 323 g/mol. The molecule has 3 rings (SSSR count). The summed E-state index contributed by atoms with van der Waals surface area (Å²) in [6.45, 7) is 0.503. The zero-order valence-corrected chi connectivity index (χ0v) is 13.5. The van der Waals surface area contributed by atoms with Gasteiger partial charge >= 0.3 is 11.6 Å². The predicted molar refractivity (Wildman–Crippen MR) is 89.9 cm³/mol. The van der Waals surface area contributed by atoms with E-state index in [2.05, 4.69) is 15.7 Å². The van der Waals surface area contributed by atoms with Crippen LogP contribution in [0.4, 0.5) is 11.6 Å². The summed E-state index contributed by atoms with van der Waals surface area (Å²) in [5, 5.41) is 20.6. The van der Waals surface area contributed by atoms with Crippen molar-refractivity contribution in [1.29, 1.82) is 0 Å². The maximum atomic E-state index is 10.5. The average molecular weight is 323 g/mol. The normalized spacial score (nSPS) is 11.1. The van der Waals surface area contributed by atoms with E-state index in [1.54, 1.807) is 4.68 Å². The highest BCUT2D eigenvalue weighted by atomic mass is 16.5. The summed E-state index contributed by atoms with van der Waals surface area (Å²) in [5.74, 6) is 0.0959. The molecule has 0 saturated heterocycles. The van der Waals surface area contributed by atoms with Crippen molar-refractivity contribution in [3.8, 4) is 11.3 Å². The molecule has 0 fully saturated rings. The lowest BCUT2D eigenvalue weighted by molar-refractivity contribution is -0.745. The minimum absolute atomic E-state index is 0.0959. The number of benzene rings is 2. The smallest absolute Gasteiger partial charge is 0.347 e. The van der Waals surface area contributed by atoms with Crippen molar-refractivity contribution in [3.05, 3.63) is 65.4 Å². The van der Waals surface area contributed by atoms with Gasteiger partial charge in [-0.1, -0.05) is 30.3 Å². The highest BCUT2D eigenvalue weighted by molar-refractivity contribution is 5.67. The molecule has 2 aromatic carbocycles. The fourth-order valence-electron chi connectivity index (χ4n) is 2.44. The summed E-state index contributed by atoms with van der Waals surface area (Å²) in [5.41, 5.74) is 3.59. The first-order valence-corrected chi connectivity index (χ1v) is 7.44. The van der Waals surface area contributed by atoms with Crippen molar-refractivity contribution < 1.29 is 9.20 Å². The highest BCUT2D eigenvalue weighted by Gasteiger charge is 2.26. The summed E-state index contributed by atoms with van der Waals surface area (Å²) in [4.78, 5) is 2.01. The minimum Gasteiger partial charge on any atom is -0.775 e. The average Bonchev–Trinajstić information content (AvgIpc) is 2.98. The topological polar surface area (TPSA) is 80.9 Å². The SMILES string of the molecule is CN(C)c1ccc(-c2c(N=N[O-])on[n+]2Cc2ccccc2)cc1. The molecule has 7 nitrogen and oxygen atoms in total. The molecule has 0 aliphatic carbocycles. The first-order chi connectivity index (χ1) is 11.7. The van der Waals surface area contributed by atoms with Gasteiger partial charge < -0.3 is 10.1 Å². The third kappa shape index (κ3) is 3.24. The van der Waals surface area contributed by atoms with Crippen molar-refractivity contribution in [1.82, 2.24) is 5.27 Å². The summed E-state index contributed by atoms with van der Waals surface area (Å²) >= 11 is 0. The van der Waals surface area contributed by atoms with Crippen LogP contribution in [0.25, 0.3) is 11.3 Å². The van der Waals surface area contributed by atoms with Gasteiger partial charge in [0.2, 0.25) is 11.8 Å². The Morgan fingerprint density at radius 1 is 1.08 bits per heavy atom. The molecule has 0 radical (unpaired) electrons. The Morgan fingerprint density at radius 3 is 2.42 bits per heavy atom. The van der Waals surface area contributed by atoms with Gasteiger partial charge in [-0.2, -0.15) is 0 Å². The zero-order chi connectivity index (χ0) is 16.9. The van der Waals surface area contributed by atoms with E-state index in [9.17, 15) is 5.21 Å². The van der Waals surface area contributed by atoms with Crippen LogP contribution in [0.15, 0.2) is 69.5 Å². The number of rotatable bonds is 5. The quantitative estimate of drug-likeness (QED) is 0.410. The van der Waals surface area contributed by atoms with Crippen LogP contribution >= 0.6 is 0 Å². The molecule has 0 aliphatic rings. The fraction of sp³-hybridized carbons (Fsp3) is 0.176. The van der Waals surface area contributed by atoms with Crippen LogP contribution in [0, 0.1) is 5.21 Å². The van der Waals surface area contributed by atoms with Crippen molar-refractivity contribution >= 4 is 11.6 Å². The van der Waals surface area contributed by atoms with E-state index >= 15 is 0 Å². The van der Waals surface area contributed by atoms with Crippen LogP contribution in [0.2, 0.25) is 0 Å². The summed E-state index contributed by atoms with van der Waals surface area (Å²) in [6, 6.07) is 17.7. The molecule has 24 heavy (non-hydrogen) atoms. The lowest BCUT2D eigenvalue weighted by atomic mass is 10.1. The summed E-state index contributed by atoms with van der Waals surface area (Å²) in [7, 11) is 3.95. The van der Waals surface area contributed by atoms with Crippen molar-refractivity contribution in [2.24, 2.45) is 10.4 Å². The molecule has 0 saturated carbocycles. The van der Waals surface area contributed by atoms with Crippen LogP contribution < -0.4 is 9.58 Å². The molecule has 0 bridgehead atoms. The third-order valence-electron chi connectivity index (χ3n) is 3.65. The molecule has 3 aromatic rings. The summed E-state index contributed by atoms with van der Waals surface area (Å²) < 4.78 is 6.85. The zero-order valence-electron chi connectivity index (χ0n) is 13.5. The molecule has 1 aromatic heterocycles. The Bertz CT molecular complexity index is 826. The van der Waals surface area contributed by atoms with Gasteiger partial charge in [-0.25, -0.2) is 5.28 Å². The fourth-order valence-corrected chi connectivity index (χ4v) is 2.44. The van der Waals surface area contributed by atoms with Gasteiger partial charge in [0, 0.05) is 25.3 Å². The largest absolute Gasteiger partial charge is 0.775 e. The van der Waals surface area contributed by atoms with Crippen molar-refractivity contribution in [3.63, 3.8) is 0 Å². The van der Waals surface area contributed by atoms with Crippen molar-refractivity contribution in [2.45, 2.75) is 6.54 Å². The first-order valence-electron chi connectivity index (χ1n) is 7.44. The molecule has 0 spiro atoms. The first kappa shape index (κ1) is 15.7. The van der Waals surface area contributed by atoms with Crippen LogP contribution in [0.3, 0.4) is 0 Å². The van der Waals surface area contributed by atoms with Gasteiger partial charge in [0.1, 0.15) is 0 Å². The molecule has 0 atom stereocenters. The predicted octanol–water partition coefficient (Wildman–Crippen LogP) is 3.32. The summed E-state index contributed by atoms with van der Waals surface area (Å²) in [6.07, 6.45) is 0. The second-order valence-electron chi connectivity index (χ2n) is 5.49. The van der Waals surface area contributed by atoms with Gasteiger partial charge in [0.05, 0.1) is 5.56 Å². The Balaban J connectivity index is 2.02. The molecule has 0 aliphatic heterocycles. The lowest BCUT2D eigenvalue weighted by Gasteiger charge is -2.11. The number of hydrogen-bond donors (Lipinski definition) is 0. The number of anilines is 1. The number of hydrogen-bond acceptors (Lipinski definition) is 6. The van der Waals surface area contributed by atoms with E-state index in [1.807, 2.05) is 73.6 Å². The molecule has 7 heteroatoms. The lowest BCUT2D eigenvalue weighted by Crippen LogP contribution is -2.38. The molecule has 0 amide bonds.